The number of imidazole rings is 1. The standard InChI is InChI=1S/C18H23N5O/c1-14-5-4-6-17-20-15(12-23(14)17)11-19-18(24)22-10-7-16(13-22)21-8-2-3-9-21/h2-6,12,16H,7-11,13H2,1H3,(H,19,24)/t16-/m1/s1. The summed E-state index contributed by atoms with van der Waals surface area (Å²) in [4.78, 5) is 21.3. The molecule has 1 fully saturated rings. The van der Waals surface area contributed by atoms with Crippen LogP contribution < -0.4 is 5.32 Å². The molecule has 0 aliphatic carbocycles. The number of aromatic nitrogens is 2. The minimum Gasteiger partial charge on any atom is -0.332 e. The first-order chi connectivity index (χ1) is 11.7. The summed E-state index contributed by atoms with van der Waals surface area (Å²) in [7, 11) is 0. The van der Waals surface area contributed by atoms with Gasteiger partial charge in [0, 0.05) is 44.1 Å². The van der Waals surface area contributed by atoms with Crippen molar-refractivity contribution in [1.82, 2.24) is 24.5 Å². The summed E-state index contributed by atoms with van der Waals surface area (Å²) in [6, 6.07) is 6.53. The lowest BCUT2D eigenvalue weighted by atomic mass is 10.2. The van der Waals surface area contributed by atoms with Gasteiger partial charge in [-0.05, 0) is 25.5 Å². The fourth-order valence-electron chi connectivity index (χ4n) is 3.58. The number of nitrogens with zero attached hydrogens (tertiary/aromatic N) is 4. The van der Waals surface area contributed by atoms with Crippen molar-refractivity contribution < 1.29 is 4.79 Å². The number of carbonyl (C=O) groups excluding carboxylic acids is 1. The van der Waals surface area contributed by atoms with Crippen LogP contribution in [0.3, 0.4) is 0 Å². The quantitative estimate of drug-likeness (QED) is 0.876. The second-order valence-corrected chi connectivity index (χ2v) is 6.60. The van der Waals surface area contributed by atoms with Gasteiger partial charge in [-0.1, -0.05) is 18.2 Å². The second-order valence-electron chi connectivity index (χ2n) is 6.60. The zero-order valence-electron chi connectivity index (χ0n) is 14.0. The van der Waals surface area contributed by atoms with E-state index in [0.29, 0.717) is 12.6 Å². The van der Waals surface area contributed by atoms with Crippen LogP contribution in [0.4, 0.5) is 4.79 Å². The van der Waals surface area contributed by atoms with E-state index >= 15 is 0 Å². The Morgan fingerprint density at radius 3 is 2.96 bits per heavy atom. The van der Waals surface area contributed by atoms with E-state index in [1.807, 2.05) is 27.6 Å². The third-order valence-corrected chi connectivity index (χ3v) is 4.98. The van der Waals surface area contributed by atoms with E-state index in [1.54, 1.807) is 0 Å². The fourth-order valence-corrected chi connectivity index (χ4v) is 3.58. The van der Waals surface area contributed by atoms with E-state index in [2.05, 4.69) is 40.3 Å². The van der Waals surface area contributed by atoms with Crippen LogP contribution in [0.25, 0.3) is 5.65 Å². The Morgan fingerprint density at radius 2 is 2.17 bits per heavy atom. The van der Waals surface area contributed by atoms with Gasteiger partial charge in [-0.2, -0.15) is 0 Å². The van der Waals surface area contributed by atoms with Gasteiger partial charge in [0.05, 0.1) is 12.2 Å². The van der Waals surface area contributed by atoms with Crippen LogP contribution in [0.15, 0.2) is 36.5 Å². The first-order valence-electron chi connectivity index (χ1n) is 8.56. The molecule has 0 saturated carbocycles. The van der Waals surface area contributed by atoms with Crippen molar-refractivity contribution in [2.24, 2.45) is 0 Å². The Balaban J connectivity index is 1.33. The summed E-state index contributed by atoms with van der Waals surface area (Å²) in [5.41, 5.74) is 2.94. The summed E-state index contributed by atoms with van der Waals surface area (Å²) < 4.78 is 2.05. The Bertz CT molecular complexity index is 773. The molecule has 0 unspecified atom stereocenters. The number of rotatable bonds is 3. The highest BCUT2D eigenvalue weighted by molar-refractivity contribution is 5.74. The van der Waals surface area contributed by atoms with Crippen LogP contribution in [-0.2, 0) is 6.54 Å². The molecule has 2 aromatic rings. The average Bonchev–Trinajstić information content (AvgIpc) is 3.30. The molecule has 1 saturated heterocycles. The van der Waals surface area contributed by atoms with Crippen LogP contribution in [-0.4, -0.2) is 57.4 Å². The minimum absolute atomic E-state index is 0.0124. The molecule has 0 radical (unpaired) electrons. The van der Waals surface area contributed by atoms with Gasteiger partial charge in [0.15, 0.2) is 0 Å². The number of hydrogen-bond donors (Lipinski definition) is 1. The van der Waals surface area contributed by atoms with Crippen molar-refractivity contribution >= 4 is 11.7 Å². The van der Waals surface area contributed by atoms with Crippen LogP contribution in [0.2, 0.25) is 0 Å². The molecule has 2 aromatic heterocycles. The smallest absolute Gasteiger partial charge is 0.317 e. The van der Waals surface area contributed by atoms with E-state index in [1.165, 1.54) is 0 Å². The van der Waals surface area contributed by atoms with Gasteiger partial charge in [-0.25, -0.2) is 9.78 Å². The number of carbonyl (C=O) groups is 1. The highest BCUT2D eigenvalue weighted by Crippen LogP contribution is 2.18. The number of aryl methyl sites for hydroxylation is 1. The highest BCUT2D eigenvalue weighted by Gasteiger charge is 2.30. The molecule has 1 atom stereocenters. The maximum Gasteiger partial charge on any atom is 0.317 e. The lowest BCUT2D eigenvalue weighted by Crippen LogP contribution is -2.41. The summed E-state index contributed by atoms with van der Waals surface area (Å²) in [5.74, 6) is 0. The first kappa shape index (κ1) is 15.2. The largest absolute Gasteiger partial charge is 0.332 e. The second kappa shape index (κ2) is 6.28. The molecule has 6 nitrogen and oxygen atoms in total. The topological polar surface area (TPSA) is 52.9 Å². The van der Waals surface area contributed by atoms with E-state index in [0.717, 1.165) is 49.6 Å². The molecule has 2 aliphatic rings. The number of hydrogen-bond acceptors (Lipinski definition) is 3. The normalized spacial score (nSPS) is 21.0. The van der Waals surface area contributed by atoms with Crippen LogP contribution in [0, 0.1) is 6.92 Å². The zero-order chi connectivity index (χ0) is 16.5. The molecule has 0 aromatic carbocycles. The molecular weight excluding hydrogens is 302 g/mol. The van der Waals surface area contributed by atoms with Crippen molar-refractivity contribution in [3.63, 3.8) is 0 Å². The monoisotopic (exact) mass is 325 g/mol. The molecule has 0 bridgehead atoms. The number of nitrogens with one attached hydrogen (secondary N) is 1. The predicted octanol–water partition coefficient (Wildman–Crippen LogP) is 1.80. The summed E-state index contributed by atoms with van der Waals surface area (Å²) in [6.07, 6.45) is 7.46. The third-order valence-electron chi connectivity index (χ3n) is 4.98. The highest BCUT2D eigenvalue weighted by atomic mass is 16.2. The van der Waals surface area contributed by atoms with Crippen LogP contribution in [0.5, 0.6) is 0 Å². The SMILES string of the molecule is Cc1cccc2nc(CNC(=O)N3CC[C@@H](N4CC=CC4)C3)cn12. The van der Waals surface area contributed by atoms with E-state index < -0.39 is 0 Å². The van der Waals surface area contributed by atoms with Crippen molar-refractivity contribution in [3.05, 3.63) is 47.9 Å². The number of amides is 2. The Kier molecular flexibility index (Phi) is 3.98. The van der Waals surface area contributed by atoms with E-state index in [4.69, 9.17) is 0 Å². The van der Waals surface area contributed by atoms with Crippen molar-refractivity contribution in [2.45, 2.75) is 25.9 Å². The van der Waals surface area contributed by atoms with Crippen molar-refractivity contribution in [1.29, 1.82) is 0 Å². The van der Waals surface area contributed by atoms with Gasteiger partial charge in [-0.15, -0.1) is 0 Å². The van der Waals surface area contributed by atoms with E-state index in [9.17, 15) is 4.79 Å². The Morgan fingerprint density at radius 1 is 1.33 bits per heavy atom. The molecule has 2 aliphatic heterocycles. The Hall–Kier alpha value is -2.34. The molecule has 4 rings (SSSR count). The molecule has 4 heterocycles. The van der Waals surface area contributed by atoms with Crippen molar-refractivity contribution in [3.8, 4) is 0 Å². The zero-order valence-corrected chi connectivity index (χ0v) is 14.0. The number of fused-ring (bicyclic) bond motifs is 1. The molecule has 2 amide bonds. The summed E-state index contributed by atoms with van der Waals surface area (Å²) >= 11 is 0. The number of pyridine rings is 1. The van der Waals surface area contributed by atoms with Gasteiger partial charge < -0.3 is 14.6 Å². The molecule has 0 spiro atoms. The molecule has 6 heteroatoms. The van der Waals surface area contributed by atoms with Gasteiger partial charge in [0.25, 0.3) is 0 Å². The molecule has 126 valence electrons. The Labute approximate surface area is 141 Å². The fraction of sp³-hybridized carbons (Fsp3) is 0.444. The number of likely N-dealkylation sites (tertiary alicyclic amines) is 1. The maximum absolute atomic E-state index is 12.4. The minimum atomic E-state index is 0.0124. The molecule has 1 N–H and O–H groups in total. The average molecular weight is 325 g/mol. The maximum atomic E-state index is 12.4. The van der Waals surface area contributed by atoms with Crippen LogP contribution in [0.1, 0.15) is 17.8 Å². The summed E-state index contributed by atoms with van der Waals surface area (Å²) in [5, 5.41) is 3.01. The predicted molar refractivity (Wildman–Crippen MR) is 92.9 cm³/mol. The van der Waals surface area contributed by atoms with Gasteiger partial charge >= 0.3 is 6.03 Å². The lowest BCUT2D eigenvalue weighted by Gasteiger charge is -2.23. The first-order valence-corrected chi connectivity index (χ1v) is 8.56. The van der Waals surface area contributed by atoms with Crippen molar-refractivity contribution in [2.75, 3.05) is 26.2 Å². The number of urea groups is 1. The third kappa shape index (κ3) is 2.89. The van der Waals surface area contributed by atoms with Gasteiger partial charge in [-0.3, -0.25) is 4.90 Å². The molecular formula is C18H23N5O. The van der Waals surface area contributed by atoms with Gasteiger partial charge in [0.1, 0.15) is 5.65 Å². The lowest BCUT2D eigenvalue weighted by molar-refractivity contribution is 0.199. The summed E-state index contributed by atoms with van der Waals surface area (Å²) in [6.45, 7) is 6.19. The van der Waals surface area contributed by atoms with E-state index in [-0.39, 0.29) is 6.03 Å². The van der Waals surface area contributed by atoms with Crippen LogP contribution >= 0.6 is 0 Å². The molecule has 24 heavy (non-hydrogen) atoms. The van der Waals surface area contributed by atoms with Gasteiger partial charge in [0.2, 0.25) is 0 Å².